The highest BCUT2D eigenvalue weighted by Gasteiger charge is 2.07. The molecule has 92 valence electrons. The van der Waals surface area contributed by atoms with Gasteiger partial charge in [-0.05, 0) is 36.8 Å². The highest BCUT2D eigenvalue weighted by Crippen LogP contribution is 2.26. The van der Waals surface area contributed by atoms with Crippen LogP contribution in [0.25, 0.3) is 0 Å². The quantitative estimate of drug-likeness (QED) is 0.930. The maximum absolute atomic E-state index is 8.77. The first-order valence-corrected chi connectivity index (χ1v) is 6.72. The number of hydrogen-bond donors (Lipinski definition) is 1. The van der Waals surface area contributed by atoms with Gasteiger partial charge >= 0.3 is 0 Å². The molecule has 1 unspecified atom stereocenters. The van der Waals surface area contributed by atoms with Crippen molar-refractivity contribution in [2.75, 3.05) is 0 Å². The van der Waals surface area contributed by atoms with Crippen LogP contribution in [0.15, 0.2) is 30.5 Å². The van der Waals surface area contributed by atoms with Crippen LogP contribution in [0.2, 0.25) is 4.34 Å². The second-order valence-corrected chi connectivity index (χ2v) is 5.65. The van der Waals surface area contributed by atoms with E-state index in [1.807, 2.05) is 24.3 Å². The molecule has 0 amide bonds. The molecule has 1 N–H and O–H groups in total. The minimum atomic E-state index is 0.237. The number of thiophene rings is 1. The molecule has 0 fully saturated rings. The molecule has 0 saturated heterocycles. The zero-order valence-corrected chi connectivity index (χ0v) is 11.4. The van der Waals surface area contributed by atoms with Crippen molar-refractivity contribution in [1.82, 2.24) is 10.3 Å². The Labute approximate surface area is 115 Å². The fraction of sp³-hybridized carbons (Fsp3) is 0.231. The standard InChI is InChI=1S/C13H12ClN3S/c1-9(12-2-3-13(14)18-12)17-8-10-4-5-16-11(6-10)7-15/h2-6,9,17H,8H2,1H3. The molecule has 5 heteroatoms. The van der Waals surface area contributed by atoms with Crippen LogP contribution >= 0.6 is 22.9 Å². The van der Waals surface area contributed by atoms with Crippen LogP contribution in [0.4, 0.5) is 0 Å². The Morgan fingerprint density at radius 3 is 3.00 bits per heavy atom. The SMILES string of the molecule is CC(NCc1ccnc(C#N)c1)c1ccc(Cl)s1. The van der Waals surface area contributed by atoms with Crippen molar-refractivity contribution in [2.45, 2.75) is 19.5 Å². The smallest absolute Gasteiger partial charge is 0.140 e. The van der Waals surface area contributed by atoms with E-state index < -0.39 is 0 Å². The van der Waals surface area contributed by atoms with E-state index in [1.54, 1.807) is 23.6 Å². The minimum absolute atomic E-state index is 0.237. The van der Waals surface area contributed by atoms with Crippen LogP contribution in [0, 0.1) is 11.3 Å². The maximum Gasteiger partial charge on any atom is 0.140 e. The third-order valence-electron chi connectivity index (χ3n) is 2.57. The number of pyridine rings is 1. The number of hydrogen-bond acceptors (Lipinski definition) is 4. The summed E-state index contributed by atoms with van der Waals surface area (Å²) in [5.41, 5.74) is 1.50. The molecule has 0 bridgehead atoms. The molecule has 18 heavy (non-hydrogen) atoms. The van der Waals surface area contributed by atoms with Crippen molar-refractivity contribution < 1.29 is 0 Å². The van der Waals surface area contributed by atoms with Gasteiger partial charge in [-0.2, -0.15) is 5.26 Å². The van der Waals surface area contributed by atoms with E-state index in [4.69, 9.17) is 16.9 Å². The Kier molecular flexibility index (Phi) is 4.32. The highest BCUT2D eigenvalue weighted by atomic mass is 35.5. The van der Waals surface area contributed by atoms with E-state index in [0.29, 0.717) is 12.2 Å². The first-order valence-electron chi connectivity index (χ1n) is 5.52. The van der Waals surface area contributed by atoms with Crippen molar-refractivity contribution >= 4 is 22.9 Å². The van der Waals surface area contributed by atoms with Gasteiger partial charge in [-0.25, -0.2) is 4.98 Å². The number of halogens is 1. The highest BCUT2D eigenvalue weighted by molar-refractivity contribution is 7.16. The molecule has 3 nitrogen and oxygen atoms in total. The van der Waals surface area contributed by atoms with Crippen molar-refractivity contribution in [3.05, 3.63) is 50.9 Å². The van der Waals surface area contributed by atoms with Gasteiger partial charge < -0.3 is 5.32 Å². The van der Waals surface area contributed by atoms with Gasteiger partial charge in [0.05, 0.1) is 4.34 Å². The van der Waals surface area contributed by atoms with Gasteiger partial charge in [0.2, 0.25) is 0 Å². The summed E-state index contributed by atoms with van der Waals surface area (Å²) in [6, 6.07) is 9.90. The summed E-state index contributed by atoms with van der Waals surface area (Å²) in [5.74, 6) is 0. The summed E-state index contributed by atoms with van der Waals surface area (Å²) in [6.07, 6.45) is 1.66. The molecular weight excluding hydrogens is 266 g/mol. The summed E-state index contributed by atoms with van der Waals surface area (Å²) in [7, 11) is 0. The number of rotatable bonds is 4. The van der Waals surface area contributed by atoms with Crippen LogP contribution < -0.4 is 5.32 Å². The summed E-state index contributed by atoms with van der Waals surface area (Å²) >= 11 is 7.48. The second kappa shape index (κ2) is 5.96. The largest absolute Gasteiger partial charge is 0.305 e. The van der Waals surface area contributed by atoms with Crippen molar-refractivity contribution in [1.29, 1.82) is 5.26 Å². The predicted molar refractivity (Wildman–Crippen MR) is 73.5 cm³/mol. The van der Waals surface area contributed by atoms with Gasteiger partial charge in [0.25, 0.3) is 0 Å². The first-order chi connectivity index (χ1) is 8.69. The average molecular weight is 278 g/mol. The maximum atomic E-state index is 8.77. The van der Waals surface area contributed by atoms with Gasteiger partial charge in [0.15, 0.2) is 0 Å². The summed E-state index contributed by atoms with van der Waals surface area (Å²) < 4.78 is 0.800. The summed E-state index contributed by atoms with van der Waals surface area (Å²) in [4.78, 5) is 5.15. The van der Waals surface area contributed by atoms with Gasteiger partial charge in [-0.3, -0.25) is 0 Å². The second-order valence-electron chi connectivity index (χ2n) is 3.91. The van der Waals surface area contributed by atoms with Gasteiger partial charge in [0, 0.05) is 23.7 Å². The van der Waals surface area contributed by atoms with Crippen molar-refractivity contribution in [3.8, 4) is 6.07 Å². The van der Waals surface area contributed by atoms with E-state index in [1.165, 1.54) is 4.88 Å². The van der Waals surface area contributed by atoms with Gasteiger partial charge in [0.1, 0.15) is 11.8 Å². The van der Waals surface area contributed by atoms with Crippen LogP contribution in [0.5, 0.6) is 0 Å². The fourth-order valence-electron chi connectivity index (χ4n) is 1.58. The topological polar surface area (TPSA) is 48.7 Å². The molecule has 2 rings (SSSR count). The van der Waals surface area contributed by atoms with Gasteiger partial charge in [-0.15, -0.1) is 11.3 Å². The summed E-state index contributed by atoms with van der Waals surface area (Å²) in [6.45, 7) is 2.79. The first kappa shape index (κ1) is 13.0. The third kappa shape index (κ3) is 3.30. The molecule has 2 aromatic heterocycles. The molecule has 1 atom stereocenters. The lowest BCUT2D eigenvalue weighted by molar-refractivity contribution is 0.582. The number of nitrogens with zero attached hydrogens (tertiary/aromatic N) is 2. The molecule has 0 aromatic carbocycles. The lowest BCUT2D eigenvalue weighted by Gasteiger charge is -2.11. The average Bonchev–Trinajstić information content (AvgIpc) is 2.83. The molecule has 0 radical (unpaired) electrons. The fourth-order valence-corrected chi connectivity index (χ4v) is 2.67. The van der Waals surface area contributed by atoms with E-state index >= 15 is 0 Å². The Morgan fingerprint density at radius 2 is 2.33 bits per heavy atom. The minimum Gasteiger partial charge on any atom is -0.305 e. The van der Waals surface area contributed by atoms with Crippen molar-refractivity contribution in [3.63, 3.8) is 0 Å². The molecule has 0 spiro atoms. The number of nitrogens with one attached hydrogen (secondary N) is 1. The Bertz CT molecular complexity index is 574. The van der Waals surface area contributed by atoms with Gasteiger partial charge in [-0.1, -0.05) is 11.6 Å². The normalized spacial score (nSPS) is 12.1. The summed E-state index contributed by atoms with van der Waals surface area (Å²) in [5, 5.41) is 12.2. The van der Waals surface area contributed by atoms with E-state index in [2.05, 4.69) is 17.2 Å². The molecule has 0 saturated carbocycles. The lowest BCUT2D eigenvalue weighted by Crippen LogP contribution is -2.17. The molecular formula is C13H12ClN3S. The van der Waals surface area contributed by atoms with Crippen LogP contribution in [0.3, 0.4) is 0 Å². The molecule has 0 aliphatic rings. The Balaban J connectivity index is 1.97. The third-order valence-corrected chi connectivity index (χ3v) is 3.99. The molecule has 2 aromatic rings. The lowest BCUT2D eigenvalue weighted by atomic mass is 10.2. The van der Waals surface area contributed by atoms with Crippen LogP contribution in [0.1, 0.15) is 29.1 Å². The Hall–Kier alpha value is -1.41. The van der Waals surface area contributed by atoms with Crippen LogP contribution in [-0.2, 0) is 6.54 Å². The predicted octanol–water partition coefficient (Wildman–Crippen LogP) is 3.52. The van der Waals surface area contributed by atoms with Crippen LogP contribution in [-0.4, -0.2) is 4.98 Å². The Morgan fingerprint density at radius 1 is 1.50 bits per heavy atom. The molecule has 2 heterocycles. The van der Waals surface area contributed by atoms with E-state index in [0.717, 1.165) is 9.90 Å². The van der Waals surface area contributed by atoms with E-state index in [-0.39, 0.29) is 6.04 Å². The zero-order chi connectivity index (χ0) is 13.0. The number of aromatic nitrogens is 1. The monoisotopic (exact) mass is 277 g/mol. The van der Waals surface area contributed by atoms with E-state index in [9.17, 15) is 0 Å². The zero-order valence-electron chi connectivity index (χ0n) is 9.85. The number of nitriles is 1. The molecule has 0 aliphatic carbocycles. The molecule has 0 aliphatic heterocycles. The van der Waals surface area contributed by atoms with Crippen molar-refractivity contribution in [2.24, 2.45) is 0 Å².